The van der Waals surface area contributed by atoms with Gasteiger partial charge in [-0.3, -0.25) is 9.59 Å². The number of ether oxygens (including phenoxy) is 1. The first-order chi connectivity index (χ1) is 20.3. The average molecular weight is 607 g/mol. The molecular formula is C31H45F3N6O3. The molecule has 1 unspecified atom stereocenters. The lowest BCUT2D eigenvalue weighted by atomic mass is 9.78. The number of likely N-dealkylation sites (tertiary alicyclic amines) is 1. The van der Waals surface area contributed by atoms with E-state index in [1.807, 2.05) is 0 Å². The van der Waals surface area contributed by atoms with E-state index in [1.165, 1.54) is 39.7 Å². The Balaban J connectivity index is 0.000000326. The van der Waals surface area contributed by atoms with Crippen molar-refractivity contribution in [3.63, 3.8) is 0 Å². The summed E-state index contributed by atoms with van der Waals surface area (Å²) >= 11 is 0. The van der Waals surface area contributed by atoms with Gasteiger partial charge in [0.15, 0.2) is 0 Å². The third-order valence-corrected chi connectivity index (χ3v) is 8.11. The zero-order valence-electron chi connectivity index (χ0n) is 26.0. The summed E-state index contributed by atoms with van der Waals surface area (Å²) in [5.41, 5.74) is -0.206. The predicted molar refractivity (Wildman–Crippen MR) is 160 cm³/mol. The number of nitrogens with one attached hydrogen (secondary N) is 3. The fourth-order valence-corrected chi connectivity index (χ4v) is 5.68. The molecule has 2 aromatic rings. The third-order valence-electron chi connectivity index (χ3n) is 8.11. The number of rotatable bonds is 7. The normalized spacial score (nSPS) is 19.7. The Labute approximate surface area is 252 Å². The monoisotopic (exact) mass is 606 g/mol. The van der Waals surface area contributed by atoms with E-state index in [0.717, 1.165) is 32.1 Å². The number of benzene rings is 1. The molecule has 4 rings (SSSR count). The van der Waals surface area contributed by atoms with Gasteiger partial charge in [0.2, 0.25) is 11.9 Å². The zero-order chi connectivity index (χ0) is 31.7. The number of hydrogen-bond acceptors (Lipinski definition) is 7. The minimum absolute atomic E-state index is 0.00215. The van der Waals surface area contributed by atoms with Crippen molar-refractivity contribution in [1.82, 2.24) is 25.5 Å². The van der Waals surface area contributed by atoms with E-state index in [-0.39, 0.29) is 29.5 Å². The van der Waals surface area contributed by atoms with Crippen LogP contribution in [0.15, 0.2) is 24.4 Å². The number of amides is 2. The van der Waals surface area contributed by atoms with E-state index in [1.54, 1.807) is 25.1 Å². The van der Waals surface area contributed by atoms with Crippen LogP contribution in [-0.2, 0) is 11.0 Å². The number of nitrogens with zero attached hydrogens (tertiary/aromatic N) is 3. The highest BCUT2D eigenvalue weighted by atomic mass is 19.4. The van der Waals surface area contributed by atoms with Gasteiger partial charge in [0.25, 0.3) is 5.91 Å². The Morgan fingerprint density at radius 2 is 1.74 bits per heavy atom. The lowest BCUT2D eigenvalue weighted by Crippen LogP contribution is -2.43. The summed E-state index contributed by atoms with van der Waals surface area (Å²) in [7, 11) is 3.49. The minimum Gasteiger partial charge on any atom is -0.495 e. The molecule has 2 fully saturated rings. The van der Waals surface area contributed by atoms with Crippen LogP contribution in [0.5, 0.6) is 5.75 Å². The molecule has 1 aliphatic heterocycles. The van der Waals surface area contributed by atoms with Gasteiger partial charge in [0, 0.05) is 30.8 Å². The van der Waals surface area contributed by atoms with E-state index in [9.17, 15) is 22.8 Å². The summed E-state index contributed by atoms with van der Waals surface area (Å²) < 4.78 is 44.0. The summed E-state index contributed by atoms with van der Waals surface area (Å²) in [6.07, 6.45) is 3.06. The molecule has 43 heavy (non-hydrogen) atoms. The van der Waals surface area contributed by atoms with Crippen molar-refractivity contribution < 1.29 is 27.5 Å². The Morgan fingerprint density at radius 3 is 2.33 bits per heavy atom. The maximum Gasteiger partial charge on any atom is 0.419 e. The van der Waals surface area contributed by atoms with E-state index in [0.29, 0.717) is 34.9 Å². The highest BCUT2D eigenvalue weighted by Gasteiger charge is 2.34. The van der Waals surface area contributed by atoms with Crippen LogP contribution in [0.2, 0.25) is 0 Å². The van der Waals surface area contributed by atoms with E-state index in [4.69, 9.17) is 4.74 Å². The first-order valence-corrected chi connectivity index (χ1v) is 14.9. The average Bonchev–Trinajstić information content (AvgIpc) is 2.94. The summed E-state index contributed by atoms with van der Waals surface area (Å²) in [4.78, 5) is 33.4. The van der Waals surface area contributed by atoms with Gasteiger partial charge in [-0.05, 0) is 82.8 Å². The van der Waals surface area contributed by atoms with Crippen molar-refractivity contribution in [2.45, 2.75) is 84.5 Å². The van der Waals surface area contributed by atoms with Crippen molar-refractivity contribution in [3.8, 4) is 5.75 Å². The molecule has 2 heterocycles. The quantitative estimate of drug-likeness (QED) is 0.370. The van der Waals surface area contributed by atoms with Crippen molar-refractivity contribution in [2.24, 2.45) is 11.8 Å². The zero-order valence-corrected chi connectivity index (χ0v) is 26.0. The number of carbonyl (C=O) groups excluding carboxylic acids is 2. The SMILES string of the molecule is CC(=O)N[C@H]1CCCCC1C(C)C.COc1cc(C(=O)NC2CCN(C)CC2)ccc1Nc1ncc(C(F)(F)F)c(C)n1. The molecule has 1 aromatic heterocycles. The Bertz CT molecular complexity index is 1230. The molecule has 1 saturated heterocycles. The standard InChI is InChI=1S/C20H24F3N5O2.C11H21NO/c1-12-15(20(21,22)23)11-24-19(25-12)27-16-5-4-13(10-17(16)30-3)18(29)26-14-6-8-28(2)9-7-14;1-8(2)10-6-4-5-7-11(10)12-9(3)13/h4-5,10-11,14H,6-9H2,1-3H3,(H,26,29)(H,24,25,27);8,10-11H,4-7H2,1-3H3,(H,12,13)/t;10?,11-/m.0/s1. The van der Waals surface area contributed by atoms with Gasteiger partial charge in [0.05, 0.1) is 24.1 Å². The predicted octanol–water partition coefficient (Wildman–Crippen LogP) is 5.72. The van der Waals surface area contributed by atoms with Crippen molar-refractivity contribution in [1.29, 1.82) is 0 Å². The second-order valence-electron chi connectivity index (χ2n) is 11.8. The summed E-state index contributed by atoms with van der Waals surface area (Å²) in [6, 6.07) is 5.36. The van der Waals surface area contributed by atoms with Gasteiger partial charge in [-0.15, -0.1) is 0 Å². The Morgan fingerprint density at radius 1 is 1.07 bits per heavy atom. The van der Waals surface area contributed by atoms with E-state index in [2.05, 4.69) is 51.7 Å². The number of anilines is 2. The van der Waals surface area contributed by atoms with Gasteiger partial charge in [0.1, 0.15) is 5.75 Å². The lowest BCUT2D eigenvalue weighted by Gasteiger charge is -2.34. The largest absolute Gasteiger partial charge is 0.495 e. The van der Waals surface area contributed by atoms with Crippen LogP contribution in [-0.4, -0.2) is 66.0 Å². The molecule has 0 radical (unpaired) electrons. The molecule has 0 bridgehead atoms. The van der Waals surface area contributed by atoms with Crippen LogP contribution in [0.25, 0.3) is 0 Å². The van der Waals surface area contributed by atoms with Gasteiger partial charge in [-0.1, -0.05) is 26.7 Å². The summed E-state index contributed by atoms with van der Waals surface area (Å²) in [5.74, 6) is 1.66. The first kappa shape index (κ1) is 34.1. The van der Waals surface area contributed by atoms with Crippen LogP contribution in [0.4, 0.5) is 24.8 Å². The molecular weight excluding hydrogens is 561 g/mol. The third kappa shape index (κ3) is 10.1. The maximum absolute atomic E-state index is 12.9. The molecule has 2 amide bonds. The van der Waals surface area contributed by atoms with Crippen LogP contribution in [0, 0.1) is 18.8 Å². The summed E-state index contributed by atoms with van der Waals surface area (Å²) in [5, 5.41) is 8.95. The number of methoxy groups -OCH3 is 1. The minimum atomic E-state index is -4.51. The maximum atomic E-state index is 12.9. The smallest absolute Gasteiger partial charge is 0.419 e. The molecule has 1 aliphatic carbocycles. The molecule has 1 aromatic carbocycles. The number of carbonyl (C=O) groups is 2. The molecule has 1 saturated carbocycles. The number of aryl methyl sites for hydroxylation is 1. The molecule has 12 heteroatoms. The second-order valence-corrected chi connectivity index (χ2v) is 11.8. The van der Waals surface area contributed by atoms with Crippen molar-refractivity contribution in [2.75, 3.05) is 32.6 Å². The fourth-order valence-electron chi connectivity index (χ4n) is 5.68. The van der Waals surface area contributed by atoms with E-state index >= 15 is 0 Å². The number of hydrogen-bond donors (Lipinski definition) is 3. The Kier molecular flexibility index (Phi) is 12.2. The molecule has 2 atom stereocenters. The highest BCUT2D eigenvalue weighted by Crippen LogP contribution is 2.33. The second kappa shape index (κ2) is 15.4. The number of piperidine rings is 1. The van der Waals surface area contributed by atoms with Gasteiger partial charge < -0.3 is 25.6 Å². The highest BCUT2D eigenvalue weighted by molar-refractivity contribution is 5.95. The molecule has 9 nitrogen and oxygen atoms in total. The fraction of sp³-hybridized carbons (Fsp3) is 0.613. The number of halogens is 3. The van der Waals surface area contributed by atoms with Gasteiger partial charge >= 0.3 is 6.18 Å². The van der Waals surface area contributed by atoms with Crippen LogP contribution < -0.4 is 20.7 Å². The van der Waals surface area contributed by atoms with Gasteiger partial charge in [-0.2, -0.15) is 13.2 Å². The number of alkyl halides is 3. The first-order valence-electron chi connectivity index (χ1n) is 14.9. The molecule has 238 valence electrons. The van der Waals surface area contributed by atoms with Gasteiger partial charge in [-0.25, -0.2) is 9.97 Å². The molecule has 2 aliphatic rings. The molecule has 3 N–H and O–H groups in total. The Hall–Kier alpha value is -3.41. The lowest BCUT2D eigenvalue weighted by molar-refractivity contribution is -0.138. The van der Waals surface area contributed by atoms with Crippen molar-refractivity contribution >= 4 is 23.5 Å². The molecule has 0 spiro atoms. The topological polar surface area (TPSA) is 108 Å². The van der Waals surface area contributed by atoms with Crippen LogP contribution in [0.1, 0.15) is 80.9 Å². The van der Waals surface area contributed by atoms with E-state index < -0.39 is 11.7 Å². The van der Waals surface area contributed by atoms with Crippen LogP contribution in [0.3, 0.4) is 0 Å². The summed E-state index contributed by atoms with van der Waals surface area (Å²) in [6.45, 7) is 9.26. The number of aromatic nitrogens is 2. The van der Waals surface area contributed by atoms with Crippen LogP contribution >= 0.6 is 0 Å². The van der Waals surface area contributed by atoms with Crippen molar-refractivity contribution in [3.05, 3.63) is 41.2 Å².